The van der Waals surface area contributed by atoms with Crippen LogP contribution in [0.1, 0.15) is 19.3 Å². The average molecular weight is 327 g/mol. The van der Waals surface area contributed by atoms with Gasteiger partial charge in [0.25, 0.3) is 0 Å². The molecular formula is C14H17NO6S. The molecule has 0 saturated carbocycles. The minimum Gasteiger partial charge on any atom is -0.490 e. The van der Waals surface area contributed by atoms with Gasteiger partial charge in [-0.15, -0.1) is 0 Å². The van der Waals surface area contributed by atoms with E-state index in [9.17, 15) is 18.3 Å². The van der Waals surface area contributed by atoms with Crippen LogP contribution in [0.25, 0.3) is 0 Å². The van der Waals surface area contributed by atoms with Gasteiger partial charge in [-0.2, -0.15) is 4.31 Å². The largest absolute Gasteiger partial charge is 0.490 e. The van der Waals surface area contributed by atoms with Gasteiger partial charge < -0.3 is 14.6 Å². The zero-order valence-corrected chi connectivity index (χ0v) is 12.7. The molecule has 0 unspecified atom stereocenters. The zero-order valence-electron chi connectivity index (χ0n) is 11.9. The highest BCUT2D eigenvalue weighted by molar-refractivity contribution is 7.89. The van der Waals surface area contributed by atoms with Crippen molar-refractivity contribution in [2.45, 2.75) is 30.2 Å². The first-order valence-electron chi connectivity index (χ1n) is 7.14. The highest BCUT2D eigenvalue weighted by Gasteiger charge is 2.39. The van der Waals surface area contributed by atoms with Gasteiger partial charge in [0.15, 0.2) is 11.5 Å². The SMILES string of the molecule is O=C(O)[C@@H]1CCCN1S(=O)(=O)c1ccc2c(c1)OCCCO2. The summed E-state index contributed by atoms with van der Waals surface area (Å²) in [6, 6.07) is 3.40. The summed E-state index contributed by atoms with van der Waals surface area (Å²) in [6.07, 6.45) is 1.60. The number of hydrogen-bond acceptors (Lipinski definition) is 5. The maximum atomic E-state index is 12.7. The molecule has 1 aromatic carbocycles. The Balaban J connectivity index is 1.95. The van der Waals surface area contributed by atoms with Crippen LogP contribution in [-0.2, 0) is 14.8 Å². The Morgan fingerprint density at radius 1 is 1.18 bits per heavy atom. The van der Waals surface area contributed by atoms with Crippen molar-refractivity contribution in [2.24, 2.45) is 0 Å². The van der Waals surface area contributed by atoms with Crippen molar-refractivity contribution in [3.8, 4) is 11.5 Å². The summed E-state index contributed by atoms with van der Waals surface area (Å²) in [5, 5.41) is 9.17. The van der Waals surface area contributed by atoms with E-state index in [1.54, 1.807) is 6.07 Å². The predicted molar refractivity (Wildman–Crippen MR) is 76.6 cm³/mol. The highest BCUT2D eigenvalue weighted by atomic mass is 32.2. The Bertz CT molecular complexity index is 687. The van der Waals surface area contributed by atoms with E-state index in [0.29, 0.717) is 37.6 Å². The minimum atomic E-state index is -3.86. The van der Waals surface area contributed by atoms with Crippen molar-refractivity contribution in [1.82, 2.24) is 4.31 Å². The van der Waals surface area contributed by atoms with Crippen molar-refractivity contribution in [1.29, 1.82) is 0 Å². The molecule has 7 nitrogen and oxygen atoms in total. The van der Waals surface area contributed by atoms with E-state index in [0.717, 1.165) is 10.7 Å². The number of aliphatic carboxylic acids is 1. The maximum Gasteiger partial charge on any atom is 0.322 e. The predicted octanol–water partition coefficient (Wildman–Crippen LogP) is 1.09. The van der Waals surface area contributed by atoms with Gasteiger partial charge in [-0.1, -0.05) is 0 Å². The van der Waals surface area contributed by atoms with Gasteiger partial charge in [0, 0.05) is 19.0 Å². The van der Waals surface area contributed by atoms with E-state index in [1.807, 2.05) is 0 Å². The van der Waals surface area contributed by atoms with Crippen molar-refractivity contribution >= 4 is 16.0 Å². The molecule has 1 fully saturated rings. The third-order valence-electron chi connectivity index (χ3n) is 3.81. The van der Waals surface area contributed by atoms with Crippen molar-refractivity contribution in [2.75, 3.05) is 19.8 Å². The molecule has 1 aromatic rings. The molecule has 120 valence electrons. The average Bonchev–Trinajstić information content (AvgIpc) is 2.87. The number of ether oxygens (including phenoxy) is 2. The van der Waals surface area contributed by atoms with Crippen LogP contribution >= 0.6 is 0 Å². The molecule has 1 N–H and O–H groups in total. The van der Waals surface area contributed by atoms with Crippen molar-refractivity contribution < 1.29 is 27.8 Å². The van der Waals surface area contributed by atoms with Gasteiger partial charge in [-0.05, 0) is 25.0 Å². The Hall–Kier alpha value is -1.80. The summed E-state index contributed by atoms with van der Waals surface area (Å²) in [5.74, 6) is -0.229. The Morgan fingerprint density at radius 2 is 1.91 bits per heavy atom. The topological polar surface area (TPSA) is 93.1 Å². The van der Waals surface area contributed by atoms with Crippen LogP contribution in [0.3, 0.4) is 0 Å². The van der Waals surface area contributed by atoms with Crippen LogP contribution in [0.5, 0.6) is 11.5 Å². The number of sulfonamides is 1. The lowest BCUT2D eigenvalue weighted by Gasteiger charge is -2.21. The number of hydrogen-bond donors (Lipinski definition) is 1. The fourth-order valence-electron chi connectivity index (χ4n) is 2.71. The van der Waals surface area contributed by atoms with Gasteiger partial charge in [-0.3, -0.25) is 4.79 Å². The summed E-state index contributed by atoms with van der Waals surface area (Å²) in [6.45, 7) is 1.19. The monoisotopic (exact) mass is 327 g/mol. The minimum absolute atomic E-state index is 0.0323. The summed E-state index contributed by atoms with van der Waals surface area (Å²) < 4.78 is 37.4. The molecule has 2 aliphatic rings. The maximum absolute atomic E-state index is 12.7. The molecule has 1 atom stereocenters. The van der Waals surface area contributed by atoms with Gasteiger partial charge >= 0.3 is 5.97 Å². The van der Waals surface area contributed by atoms with Gasteiger partial charge in [0.1, 0.15) is 6.04 Å². The first-order valence-corrected chi connectivity index (χ1v) is 8.58. The van der Waals surface area contributed by atoms with Crippen LogP contribution in [0, 0.1) is 0 Å². The van der Waals surface area contributed by atoms with Crippen LogP contribution in [0.4, 0.5) is 0 Å². The summed E-state index contributed by atoms with van der Waals surface area (Å²) in [7, 11) is -3.86. The van der Waals surface area contributed by atoms with Gasteiger partial charge in [0.2, 0.25) is 10.0 Å². The van der Waals surface area contributed by atoms with Crippen LogP contribution in [0.2, 0.25) is 0 Å². The summed E-state index contributed by atoms with van der Waals surface area (Å²) in [4.78, 5) is 11.2. The first-order chi connectivity index (χ1) is 10.5. The lowest BCUT2D eigenvalue weighted by molar-refractivity contribution is -0.140. The molecule has 0 aliphatic carbocycles. The molecule has 3 rings (SSSR count). The second-order valence-electron chi connectivity index (χ2n) is 5.27. The van der Waals surface area contributed by atoms with Gasteiger partial charge in [0.05, 0.1) is 18.1 Å². The Labute approximate surface area is 128 Å². The van der Waals surface area contributed by atoms with Crippen molar-refractivity contribution in [3.05, 3.63) is 18.2 Å². The third kappa shape index (κ3) is 2.64. The zero-order chi connectivity index (χ0) is 15.7. The number of rotatable bonds is 3. The third-order valence-corrected chi connectivity index (χ3v) is 5.72. The molecule has 0 radical (unpaired) electrons. The van der Waals surface area contributed by atoms with Crippen LogP contribution in [0.15, 0.2) is 23.1 Å². The van der Waals surface area contributed by atoms with E-state index in [2.05, 4.69) is 0 Å². The standard InChI is InChI=1S/C14H17NO6S/c16-14(17)11-3-1-6-15(11)22(18,19)10-4-5-12-13(9-10)21-8-2-7-20-12/h4-5,9,11H,1-3,6-8H2,(H,16,17)/t11-/m0/s1. The number of nitrogens with zero attached hydrogens (tertiary/aromatic N) is 1. The lowest BCUT2D eigenvalue weighted by atomic mass is 10.2. The molecule has 0 amide bonds. The number of benzene rings is 1. The molecule has 0 bridgehead atoms. The number of carboxylic acids is 1. The molecular weight excluding hydrogens is 310 g/mol. The Morgan fingerprint density at radius 3 is 2.64 bits per heavy atom. The Kier molecular flexibility index (Phi) is 3.96. The molecule has 22 heavy (non-hydrogen) atoms. The number of fused-ring (bicyclic) bond motifs is 1. The molecule has 8 heteroatoms. The van der Waals surface area contributed by atoms with Crippen molar-refractivity contribution in [3.63, 3.8) is 0 Å². The van der Waals surface area contributed by atoms with E-state index < -0.39 is 22.0 Å². The van der Waals surface area contributed by atoms with E-state index in [4.69, 9.17) is 9.47 Å². The van der Waals surface area contributed by atoms with E-state index >= 15 is 0 Å². The van der Waals surface area contributed by atoms with Crippen LogP contribution in [-0.4, -0.2) is 49.6 Å². The smallest absolute Gasteiger partial charge is 0.322 e. The fourth-order valence-corrected chi connectivity index (χ4v) is 4.38. The summed E-state index contributed by atoms with van der Waals surface area (Å²) >= 11 is 0. The molecule has 0 aromatic heterocycles. The van der Waals surface area contributed by atoms with Gasteiger partial charge in [-0.25, -0.2) is 8.42 Å². The van der Waals surface area contributed by atoms with Crippen LogP contribution < -0.4 is 9.47 Å². The normalized spacial score (nSPS) is 22.3. The lowest BCUT2D eigenvalue weighted by Crippen LogP contribution is -2.40. The fraction of sp³-hybridized carbons (Fsp3) is 0.500. The van der Waals surface area contributed by atoms with E-state index in [-0.39, 0.29) is 11.4 Å². The highest BCUT2D eigenvalue weighted by Crippen LogP contribution is 2.34. The molecule has 1 saturated heterocycles. The second kappa shape index (κ2) is 5.77. The number of carboxylic acid groups (broad SMARTS) is 1. The quantitative estimate of drug-likeness (QED) is 0.893. The molecule has 2 aliphatic heterocycles. The molecule has 0 spiro atoms. The summed E-state index contributed by atoms with van der Waals surface area (Å²) in [5.41, 5.74) is 0. The second-order valence-corrected chi connectivity index (χ2v) is 7.16. The van der Waals surface area contributed by atoms with E-state index in [1.165, 1.54) is 12.1 Å². The number of carbonyl (C=O) groups is 1. The molecule has 2 heterocycles. The first kappa shape index (κ1) is 15.1.